The van der Waals surface area contributed by atoms with Crippen LogP contribution in [0.5, 0.6) is 11.6 Å². The molecule has 2 aromatic carbocycles. The van der Waals surface area contributed by atoms with E-state index in [2.05, 4.69) is 10.3 Å². The van der Waals surface area contributed by atoms with Crippen molar-refractivity contribution in [1.82, 2.24) is 10.3 Å². The molecule has 0 aliphatic carbocycles. The predicted molar refractivity (Wildman–Crippen MR) is 165 cm³/mol. The van der Waals surface area contributed by atoms with Gasteiger partial charge < -0.3 is 34.7 Å². The smallest absolute Gasteiger partial charge is 0.407 e. The number of pyridine rings is 1. The predicted octanol–water partition coefficient (Wildman–Crippen LogP) is 6.06. The molecule has 5 rings (SSSR count). The molecule has 10 nitrogen and oxygen atoms in total. The minimum atomic E-state index is -1.35. The van der Waals surface area contributed by atoms with E-state index < -0.39 is 51.2 Å². The Balaban J connectivity index is 1.51. The SMILES string of the molecule is CC(C)(C)NC(=O)OCC1(c2ccccc2)Cc2c(cc(F)c(Cl)c2-c2c(C(N)=O)cnc(OCCOC3CCCCO3)c2F)O1. The number of amides is 2. The van der Waals surface area contributed by atoms with Gasteiger partial charge in [-0.1, -0.05) is 41.9 Å². The van der Waals surface area contributed by atoms with Crippen LogP contribution in [0.25, 0.3) is 11.1 Å². The number of primary amides is 1. The molecular weight excluding hydrogens is 624 g/mol. The van der Waals surface area contributed by atoms with Gasteiger partial charge in [0.1, 0.15) is 24.8 Å². The second kappa shape index (κ2) is 13.8. The maximum atomic E-state index is 16.3. The van der Waals surface area contributed by atoms with Gasteiger partial charge in [-0.15, -0.1) is 0 Å². The van der Waals surface area contributed by atoms with Crippen LogP contribution in [0.4, 0.5) is 13.6 Å². The van der Waals surface area contributed by atoms with Crippen molar-refractivity contribution in [1.29, 1.82) is 0 Å². The first kappa shape index (κ1) is 33.4. The number of hydrogen-bond donors (Lipinski definition) is 2. The molecule has 3 aromatic rings. The third-order valence-corrected chi connectivity index (χ3v) is 7.90. The lowest BCUT2D eigenvalue weighted by Gasteiger charge is -2.30. The van der Waals surface area contributed by atoms with Crippen molar-refractivity contribution in [2.75, 3.05) is 26.4 Å². The van der Waals surface area contributed by atoms with E-state index in [9.17, 15) is 9.59 Å². The Morgan fingerprint density at radius 2 is 1.91 bits per heavy atom. The van der Waals surface area contributed by atoms with E-state index in [4.69, 9.17) is 41.0 Å². The molecule has 2 atom stereocenters. The molecule has 2 aliphatic heterocycles. The van der Waals surface area contributed by atoms with Crippen molar-refractivity contribution in [2.45, 2.75) is 63.9 Å². The van der Waals surface area contributed by atoms with Crippen LogP contribution in [-0.2, 0) is 26.2 Å². The summed E-state index contributed by atoms with van der Waals surface area (Å²) in [4.78, 5) is 29.1. The molecule has 46 heavy (non-hydrogen) atoms. The number of nitrogens with two attached hydrogens (primary N) is 1. The van der Waals surface area contributed by atoms with Gasteiger partial charge in [-0.3, -0.25) is 4.79 Å². The first-order chi connectivity index (χ1) is 21.9. The van der Waals surface area contributed by atoms with Crippen LogP contribution < -0.4 is 20.5 Å². The molecule has 1 aromatic heterocycles. The lowest BCUT2D eigenvalue weighted by Crippen LogP contribution is -2.44. The van der Waals surface area contributed by atoms with E-state index >= 15 is 8.78 Å². The Hall–Kier alpha value is -4.00. The highest BCUT2D eigenvalue weighted by atomic mass is 35.5. The number of nitrogens with one attached hydrogen (secondary N) is 1. The number of rotatable bonds is 10. The number of alkyl carbamates (subject to hydrolysis) is 1. The molecule has 246 valence electrons. The van der Waals surface area contributed by atoms with E-state index in [0.29, 0.717) is 12.2 Å². The summed E-state index contributed by atoms with van der Waals surface area (Å²) in [7, 11) is 0. The Kier molecular flexibility index (Phi) is 9.99. The zero-order valence-corrected chi connectivity index (χ0v) is 26.5. The fourth-order valence-corrected chi connectivity index (χ4v) is 5.72. The van der Waals surface area contributed by atoms with Crippen molar-refractivity contribution in [3.05, 3.63) is 75.9 Å². The first-order valence-corrected chi connectivity index (χ1v) is 15.3. The monoisotopic (exact) mass is 659 g/mol. The third-order valence-electron chi connectivity index (χ3n) is 7.53. The Morgan fingerprint density at radius 3 is 2.59 bits per heavy atom. The van der Waals surface area contributed by atoms with E-state index in [1.54, 1.807) is 51.1 Å². The number of hydrogen-bond acceptors (Lipinski definition) is 8. The van der Waals surface area contributed by atoms with Crippen LogP contribution in [0.2, 0.25) is 5.02 Å². The summed E-state index contributed by atoms with van der Waals surface area (Å²) in [5.74, 6) is -3.46. The molecule has 3 N–H and O–H groups in total. The van der Waals surface area contributed by atoms with Crippen molar-refractivity contribution < 1.29 is 42.1 Å². The number of benzene rings is 2. The van der Waals surface area contributed by atoms with Gasteiger partial charge in [-0.05, 0) is 45.6 Å². The van der Waals surface area contributed by atoms with Gasteiger partial charge in [0.15, 0.2) is 17.7 Å². The van der Waals surface area contributed by atoms with Crippen LogP contribution in [0, 0.1) is 11.6 Å². The molecule has 0 bridgehead atoms. The highest BCUT2D eigenvalue weighted by Crippen LogP contribution is 2.50. The maximum absolute atomic E-state index is 16.3. The molecule has 13 heteroatoms. The summed E-state index contributed by atoms with van der Waals surface area (Å²) >= 11 is 6.52. The first-order valence-electron chi connectivity index (χ1n) is 14.9. The lowest BCUT2D eigenvalue weighted by molar-refractivity contribution is -0.165. The number of halogens is 3. The lowest BCUT2D eigenvalue weighted by atomic mass is 9.86. The molecule has 2 unspecified atom stereocenters. The Bertz CT molecular complexity index is 1600. The minimum absolute atomic E-state index is 0.0237. The summed E-state index contributed by atoms with van der Waals surface area (Å²) in [5.41, 5.74) is 3.70. The van der Waals surface area contributed by atoms with Crippen molar-refractivity contribution in [2.24, 2.45) is 5.73 Å². The Labute approximate surface area is 270 Å². The molecule has 2 amide bonds. The van der Waals surface area contributed by atoms with Gasteiger partial charge in [0.25, 0.3) is 11.8 Å². The van der Waals surface area contributed by atoms with Gasteiger partial charge in [-0.25, -0.2) is 18.6 Å². The van der Waals surface area contributed by atoms with E-state index in [1.165, 1.54) is 0 Å². The number of carbonyl (C=O) groups is 2. The fourth-order valence-electron chi connectivity index (χ4n) is 5.45. The van der Waals surface area contributed by atoms with Gasteiger partial charge >= 0.3 is 6.09 Å². The van der Waals surface area contributed by atoms with Crippen molar-refractivity contribution in [3.63, 3.8) is 0 Å². The van der Waals surface area contributed by atoms with Gasteiger partial charge in [-0.2, -0.15) is 0 Å². The van der Waals surface area contributed by atoms with Crippen LogP contribution in [0.3, 0.4) is 0 Å². The molecule has 0 saturated carbocycles. The van der Waals surface area contributed by atoms with Crippen molar-refractivity contribution >= 4 is 23.6 Å². The molecule has 1 saturated heterocycles. The molecule has 0 radical (unpaired) electrons. The third kappa shape index (κ3) is 7.35. The zero-order chi connectivity index (χ0) is 33.1. The number of fused-ring (bicyclic) bond motifs is 1. The highest BCUT2D eigenvalue weighted by molar-refractivity contribution is 6.34. The maximum Gasteiger partial charge on any atom is 0.407 e. The van der Waals surface area contributed by atoms with Crippen molar-refractivity contribution in [3.8, 4) is 22.8 Å². The number of nitrogens with zero attached hydrogens (tertiary/aromatic N) is 1. The molecule has 3 heterocycles. The van der Waals surface area contributed by atoms with Gasteiger partial charge in [0.2, 0.25) is 0 Å². The fraction of sp³-hybridized carbons (Fsp3) is 0.424. The van der Waals surface area contributed by atoms with Gasteiger partial charge in [0.05, 0.1) is 17.2 Å². The minimum Gasteiger partial charge on any atom is -0.478 e. The van der Waals surface area contributed by atoms with E-state index in [1.807, 2.05) is 0 Å². The van der Waals surface area contributed by atoms with Crippen LogP contribution in [0.15, 0.2) is 42.6 Å². The second-order valence-electron chi connectivity index (χ2n) is 12.2. The van der Waals surface area contributed by atoms with Crippen LogP contribution in [-0.4, -0.2) is 55.2 Å². The zero-order valence-electron chi connectivity index (χ0n) is 25.8. The number of aromatic nitrogens is 1. The van der Waals surface area contributed by atoms with E-state index in [-0.39, 0.29) is 55.0 Å². The summed E-state index contributed by atoms with van der Waals surface area (Å²) in [6, 6.07) is 9.95. The summed E-state index contributed by atoms with van der Waals surface area (Å²) in [6.07, 6.45) is 2.64. The standard InChI is InChI=1S/C33H36ClF2N3O7/c1-32(2,3)39-31(41)45-18-33(19-9-5-4-6-10-19)16-20-23(46-33)15-22(35)27(34)25(20)26-21(29(37)40)17-38-30(28(26)36)44-14-13-43-24-11-7-8-12-42-24/h4-6,9-10,15,17,24H,7-8,11-14,16,18H2,1-3H3,(H2,37,40)(H,39,41). The Morgan fingerprint density at radius 1 is 1.15 bits per heavy atom. The average molecular weight is 660 g/mol. The van der Waals surface area contributed by atoms with Crippen LogP contribution >= 0.6 is 11.6 Å². The molecule has 2 aliphatic rings. The molecule has 0 spiro atoms. The number of ether oxygens (including phenoxy) is 5. The summed E-state index contributed by atoms with van der Waals surface area (Å²) < 4.78 is 60.5. The second-order valence-corrected chi connectivity index (χ2v) is 12.5. The quantitative estimate of drug-likeness (QED) is 0.251. The number of carbonyl (C=O) groups excluding carboxylic acids is 2. The van der Waals surface area contributed by atoms with Crippen LogP contribution in [0.1, 0.15) is 61.5 Å². The molecular formula is C33H36ClF2N3O7. The van der Waals surface area contributed by atoms with Gasteiger partial charge in [0, 0.05) is 47.5 Å². The van der Waals surface area contributed by atoms with E-state index in [0.717, 1.165) is 31.5 Å². The highest BCUT2D eigenvalue weighted by Gasteiger charge is 2.45. The topological polar surface area (TPSA) is 131 Å². The normalized spacial score (nSPS) is 19.2. The largest absolute Gasteiger partial charge is 0.478 e. The summed E-state index contributed by atoms with van der Waals surface area (Å²) in [5, 5.41) is 2.26. The average Bonchev–Trinajstić information content (AvgIpc) is 3.39. The summed E-state index contributed by atoms with van der Waals surface area (Å²) in [6.45, 7) is 5.73. The molecule has 1 fully saturated rings.